The smallest absolute Gasteiger partial charge is 0.199 e. The van der Waals surface area contributed by atoms with Crippen LogP contribution < -0.4 is 0 Å². The number of nitrogens with zero attached hydrogens (tertiary/aromatic N) is 2. The van der Waals surface area contributed by atoms with E-state index in [2.05, 4.69) is 4.90 Å². The van der Waals surface area contributed by atoms with Crippen LogP contribution in [0.4, 0.5) is 0 Å². The van der Waals surface area contributed by atoms with Crippen molar-refractivity contribution < 1.29 is 9.15 Å². The molecule has 3 heterocycles. The molecule has 0 N–H and O–H groups in total. The van der Waals surface area contributed by atoms with Crippen LogP contribution in [0.3, 0.4) is 0 Å². The topological polar surface area (TPSA) is 38.5 Å². The largest absolute Gasteiger partial charge is 0.440 e. The Kier molecular flexibility index (Phi) is 4.13. The predicted octanol–water partition coefficient (Wildman–Crippen LogP) is 3.43. The van der Waals surface area contributed by atoms with Crippen molar-refractivity contribution in [2.24, 2.45) is 5.92 Å². The summed E-state index contributed by atoms with van der Waals surface area (Å²) in [6, 6.07) is 8.06. The molecule has 0 radical (unpaired) electrons. The lowest BCUT2D eigenvalue weighted by atomic mass is 9.95. The number of hydrogen-bond donors (Lipinski definition) is 0. The van der Waals surface area contributed by atoms with Crippen LogP contribution in [0, 0.1) is 5.92 Å². The second-order valence-electron chi connectivity index (χ2n) is 6.70. The molecule has 0 bridgehead atoms. The van der Waals surface area contributed by atoms with Crippen LogP contribution in [-0.4, -0.2) is 42.7 Å². The van der Waals surface area contributed by atoms with Gasteiger partial charge in [-0.1, -0.05) is 12.1 Å². The Morgan fingerprint density at radius 2 is 2.14 bits per heavy atom. The number of aromatic nitrogens is 1. The lowest BCUT2D eigenvalue weighted by Gasteiger charge is -2.34. The van der Waals surface area contributed by atoms with Gasteiger partial charge in [0.2, 0.25) is 0 Å². The van der Waals surface area contributed by atoms with Gasteiger partial charge in [0, 0.05) is 25.6 Å². The minimum Gasteiger partial charge on any atom is -0.440 e. The summed E-state index contributed by atoms with van der Waals surface area (Å²) in [4.78, 5) is 7.29. The number of hydrogen-bond acceptors (Lipinski definition) is 4. The summed E-state index contributed by atoms with van der Waals surface area (Å²) in [5, 5.41) is 0. The number of oxazole rings is 1. The monoisotopic (exact) mass is 300 g/mol. The van der Waals surface area contributed by atoms with E-state index in [-0.39, 0.29) is 0 Å². The molecule has 0 saturated carbocycles. The average Bonchev–Trinajstić information content (AvgIpc) is 3.00. The highest BCUT2D eigenvalue weighted by Gasteiger charge is 2.27. The fourth-order valence-corrected chi connectivity index (χ4v) is 3.80. The fourth-order valence-electron chi connectivity index (χ4n) is 3.80. The maximum absolute atomic E-state index is 5.98. The minimum absolute atomic E-state index is 0.436. The molecule has 0 spiro atoms. The van der Waals surface area contributed by atoms with Crippen molar-refractivity contribution in [3.63, 3.8) is 0 Å². The summed E-state index contributed by atoms with van der Waals surface area (Å²) >= 11 is 0. The van der Waals surface area contributed by atoms with Gasteiger partial charge >= 0.3 is 0 Å². The third-order valence-corrected chi connectivity index (χ3v) is 4.94. The Morgan fingerprint density at radius 3 is 3.00 bits per heavy atom. The maximum Gasteiger partial charge on any atom is 0.199 e. The van der Waals surface area contributed by atoms with Gasteiger partial charge in [-0.05, 0) is 50.3 Å². The van der Waals surface area contributed by atoms with Crippen molar-refractivity contribution >= 4 is 11.1 Å². The van der Waals surface area contributed by atoms with Crippen molar-refractivity contribution in [3.05, 3.63) is 30.2 Å². The van der Waals surface area contributed by atoms with Gasteiger partial charge in [0.05, 0.1) is 6.61 Å². The molecule has 1 aromatic heterocycles. The van der Waals surface area contributed by atoms with E-state index in [0.717, 1.165) is 43.3 Å². The number of fused-ring (bicyclic) bond motifs is 1. The first-order chi connectivity index (χ1) is 10.9. The molecular formula is C18H24N2O2. The van der Waals surface area contributed by atoms with E-state index in [1.165, 1.54) is 32.2 Å². The van der Waals surface area contributed by atoms with Crippen LogP contribution in [0.25, 0.3) is 11.1 Å². The van der Waals surface area contributed by atoms with E-state index in [1.807, 2.05) is 24.3 Å². The Labute approximate surface area is 131 Å². The summed E-state index contributed by atoms with van der Waals surface area (Å²) in [6.45, 7) is 5.32. The van der Waals surface area contributed by atoms with E-state index in [4.69, 9.17) is 14.1 Å². The molecule has 22 heavy (non-hydrogen) atoms. The molecule has 4 heteroatoms. The fraction of sp³-hybridized carbons (Fsp3) is 0.611. The summed E-state index contributed by atoms with van der Waals surface area (Å²) in [5.74, 6) is 2.06. The van der Waals surface area contributed by atoms with E-state index >= 15 is 0 Å². The molecule has 2 fully saturated rings. The Balaban J connectivity index is 1.43. The molecule has 2 saturated heterocycles. The molecule has 0 amide bonds. The first kappa shape index (κ1) is 14.2. The molecule has 2 aliphatic rings. The minimum atomic E-state index is 0.436. The van der Waals surface area contributed by atoms with Gasteiger partial charge < -0.3 is 14.1 Å². The Morgan fingerprint density at radius 1 is 1.18 bits per heavy atom. The predicted molar refractivity (Wildman–Crippen MR) is 86.0 cm³/mol. The third kappa shape index (κ3) is 3.03. The SMILES string of the molecule is c1ccc2oc(C3CCCN(CC4CCCOC4)C3)nc2c1. The van der Waals surface area contributed by atoms with Crippen LogP contribution in [0.1, 0.15) is 37.5 Å². The lowest BCUT2D eigenvalue weighted by molar-refractivity contribution is 0.0334. The number of para-hydroxylation sites is 2. The number of piperidine rings is 1. The number of likely N-dealkylation sites (tertiary alicyclic amines) is 1. The number of ether oxygens (including phenoxy) is 1. The third-order valence-electron chi connectivity index (χ3n) is 4.94. The molecule has 1 aromatic carbocycles. The lowest BCUT2D eigenvalue weighted by Crippen LogP contribution is -2.39. The molecule has 2 atom stereocenters. The molecule has 2 unspecified atom stereocenters. The first-order valence-electron chi connectivity index (χ1n) is 8.54. The second kappa shape index (κ2) is 6.39. The molecular weight excluding hydrogens is 276 g/mol. The van der Waals surface area contributed by atoms with Crippen LogP contribution >= 0.6 is 0 Å². The van der Waals surface area contributed by atoms with Gasteiger partial charge in [-0.3, -0.25) is 0 Å². The van der Waals surface area contributed by atoms with Gasteiger partial charge in [0.25, 0.3) is 0 Å². The zero-order valence-electron chi connectivity index (χ0n) is 13.0. The highest BCUT2D eigenvalue weighted by Crippen LogP contribution is 2.29. The number of rotatable bonds is 3. The summed E-state index contributed by atoms with van der Waals surface area (Å²) in [6.07, 6.45) is 4.94. The van der Waals surface area contributed by atoms with Crippen LogP contribution in [0.15, 0.2) is 28.7 Å². The van der Waals surface area contributed by atoms with Gasteiger partial charge in [-0.15, -0.1) is 0 Å². The van der Waals surface area contributed by atoms with E-state index in [1.54, 1.807) is 0 Å². The van der Waals surface area contributed by atoms with Gasteiger partial charge in [-0.2, -0.15) is 0 Å². The summed E-state index contributed by atoms with van der Waals surface area (Å²) in [5.41, 5.74) is 1.89. The standard InChI is InChI=1S/C18H24N2O2/c1-2-8-17-16(7-1)19-18(22-17)15-6-3-9-20(12-15)11-14-5-4-10-21-13-14/h1-2,7-8,14-15H,3-6,9-13H2. The normalized spacial score (nSPS) is 27.3. The van der Waals surface area contributed by atoms with Gasteiger partial charge in [-0.25, -0.2) is 4.98 Å². The second-order valence-corrected chi connectivity index (χ2v) is 6.70. The zero-order valence-corrected chi connectivity index (χ0v) is 13.0. The van der Waals surface area contributed by atoms with Crippen LogP contribution in [0.2, 0.25) is 0 Å². The molecule has 118 valence electrons. The Bertz CT molecular complexity index is 585. The van der Waals surface area contributed by atoms with E-state index in [0.29, 0.717) is 11.8 Å². The van der Waals surface area contributed by atoms with Gasteiger partial charge in [0.15, 0.2) is 11.5 Å². The molecule has 2 aliphatic heterocycles. The quantitative estimate of drug-likeness (QED) is 0.870. The summed E-state index contributed by atoms with van der Waals surface area (Å²) < 4.78 is 11.6. The van der Waals surface area contributed by atoms with Crippen LogP contribution in [-0.2, 0) is 4.74 Å². The van der Waals surface area contributed by atoms with E-state index < -0.39 is 0 Å². The molecule has 2 aromatic rings. The highest BCUT2D eigenvalue weighted by atomic mass is 16.5. The van der Waals surface area contributed by atoms with E-state index in [9.17, 15) is 0 Å². The highest BCUT2D eigenvalue weighted by molar-refractivity contribution is 5.72. The average molecular weight is 300 g/mol. The molecule has 0 aliphatic carbocycles. The van der Waals surface area contributed by atoms with Crippen molar-refractivity contribution in [1.29, 1.82) is 0 Å². The van der Waals surface area contributed by atoms with Crippen molar-refractivity contribution in [2.75, 3.05) is 32.8 Å². The van der Waals surface area contributed by atoms with Crippen LogP contribution in [0.5, 0.6) is 0 Å². The molecule has 4 rings (SSSR count). The van der Waals surface area contributed by atoms with Crippen molar-refractivity contribution in [2.45, 2.75) is 31.6 Å². The molecule has 4 nitrogen and oxygen atoms in total. The first-order valence-corrected chi connectivity index (χ1v) is 8.54. The Hall–Kier alpha value is -1.39. The zero-order chi connectivity index (χ0) is 14.8. The number of benzene rings is 1. The van der Waals surface area contributed by atoms with Crippen molar-refractivity contribution in [3.8, 4) is 0 Å². The van der Waals surface area contributed by atoms with Crippen molar-refractivity contribution in [1.82, 2.24) is 9.88 Å². The van der Waals surface area contributed by atoms with Gasteiger partial charge in [0.1, 0.15) is 5.52 Å². The maximum atomic E-state index is 5.98. The summed E-state index contributed by atoms with van der Waals surface area (Å²) in [7, 11) is 0.